The predicted octanol–water partition coefficient (Wildman–Crippen LogP) is 2.04. The monoisotopic (exact) mass is 336 g/mol. The number of para-hydroxylation sites is 1. The summed E-state index contributed by atoms with van der Waals surface area (Å²) in [5.74, 6) is -0.274. The van der Waals surface area contributed by atoms with E-state index in [1.807, 2.05) is 49.2 Å². The highest BCUT2D eigenvalue weighted by atomic mass is 16.4. The van der Waals surface area contributed by atoms with Gasteiger partial charge in [0.05, 0.1) is 5.69 Å². The highest BCUT2D eigenvalue weighted by Gasteiger charge is 2.29. The number of hydrogen-bond donors (Lipinski definition) is 3. The zero-order valence-corrected chi connectivity index (χ0v) is 14.4. The minimum Gasteiger partial charge on any atom is -0.465 e. The second-order valence-electron chi connectivity index (χ2n) is 5.41. The van der Waals surface area contributed by atoms with E-state index in [0.29, 0.717) is 32.5 Å². The van der Waals surface area contributed by atoms with Crippen LogP contribution in [0.5, 0.6) is 0 Å². The van der Waals surface area contributed by atoms with Crippen molar-refractivity contribution in [2.75, 3.05) is 24.6 Å². The molecule has 0 spiro atoms. The van der Waals surface area contributed by atoms with E-state index in [1.165, 1.54) is 0 Å². The Hall–Kier alpha value is -2.12. The number of hydrazine groups is 1. The number of hydrogen-bond acceptors (Lipinski definition) is 4. The zero-order chi connectivity index (χ0) is 17.9. The molecule has 24 heavy (non-hydrogen) atoms. The van der Waals surface area contributed by atoms with E-state index in [-0.39, 0.29) is 5.91 Å². The second kappa shape index (κ2) is 10.6. The maximum absolute atomic E-state index is 13.1. The minimum atomic E-state index is -1.20. The molecule has 0 radical (unpaired) electrons. The van der Waals surface area contributed by atoms with E-state index in [1.54, 1.807) is 5.01 Å². The molecule has 0 fully saturated rings. The van der Waals surface area contributed by atoms with E-state index in [9.17, 15) is 9.59 Å². The van der Waals surface area contributed by atoms with Crippen LogP contribution in [-0.4, -0.2) is 47.8 Å². The Bertz CT molecular complexity index is 506. The number of nitrogens with zero attached hydrogens (tertiary/aromatic N) is 2. The lowest BCUT2D eigenvalue weighted by Gasteiger charge is -2.35. The van der Waals surface area contributed by atoms with Crippen LogP contribution in [0.2, 0.25) is 0 Å². The first-order valence-electron chi connectivity index (χ1n) is 8.38. The van der Waals surface area contributed by atoms with Gasteiger partial charge in [-0.2, -0.15) is 0 Å². The summed E-state index contributed by atoms with van der Waals surface area (Å²) < 4.78 is 0. The number of carbonyl (C=O) groups excluding carboxylic acids is 1. The largest absolute Gasteiger partial charge is 0.465 e. The van der Waals surface area contributed by atoms with Crippen molar-refractivity contribution in [3.05, 3.63) is 30.3 Å². The van der Waals surface area contributed by atoms with Gasteiger partial charge >= 0.3 is 6.09 Å². The lowest BCUT2D eigenvalue weighted by atomic mass is 10.1. The molecule has 0 aliphatic carbocycles. The smallest absolute Gasteiger partial charge is 0.405 e. The Labute approximate surface area is 143 Å². The Morgan fingerprint density at radius 3 is 2.29 bits per heavy atom. The van der Waals surface area contributed by atoms with Crippen molar-refractivity contribution in [3.63, 3.8) is 0 Å². The van der Waals surface area contributed by atoms with Gasteiger partial charge in [0, 0.05) is 13.1 Å². The molecule has 4 N–H and O–H groups in total. The first-order chi connectivity index (χ1) is 11.5. The molecule has 0 heterocycles. The maximum atomic E-state index is 13.1. The molecular weight excluding hydrogens is 308 g/mol. The van der Waals surface area contributed by atoms with Gasteiger partial charge in [-0.15, -0.1) is 0 Å². The molecule has 1 aromatic carbocycles. The van der Waals surface area contributed by atoms with Crippen LogP contribution in [0.15, 0.2) is 30.3 Å². The van der Waals surface area contributed by atoms with Crippen LogP contribution in [0, 0.1) is 0 Å². The molecule has 0 bridgehead atoms. The molecule has 0 aliphatic heterocycles. The van der Waals surface area contributed by atoms with Gasteiger partial charge in [0.1, 0.15) is 6.04 Å². The standard InChI is InChI=1S/C17H28N4O3/c1-3-20(4-2)21(14-10-6-5-7-11-14)16(22)15(19-17(23)24)12-8-9-13-18/h5-7,10-11,15,19H,3-4,8-9,12-13,18H2,1-2H3,(H,23,24). The van der Waals surface area contributed by atoms with Crippen molar-refractivity contribution in [1.29, 1.82) is 0 Å². The molecule has 7 heteroatoms. The van der Waals surface area contributed by atoms with Gasteiger partial charge in [0.15, 0.2) is 0 Å². The molecule has 7 nitrogen and oxygen atoms in total. The zero-order valence-electron chi connectivity index (χ0n) is 14.4. The van der Waals surface area contributed by atoms with E-state index in [4.69, 9.17) is 10.8 Å². The second-order valence-corrected chi connectivity index (χ2v) is 5.41. The lowest BCUT2D eigenvalue weighted by molar-refractivity contribution is -0.123. The maximum Gasteiger partial charge on any atom is 0.405 e. The fourth-order valence-corrected chi connectivity index (χ4v) is 2.55. The van der Waals surface area contributed by atoms with Crippen LogP contribution in [-0.2, 0) is 4.79 Å². The van der Waals surface area contributed by atoms with Gasteiger partial charge < -0.3 is 16.2 Å². The molecule has 1 rings (SSSR count). The Morgan fingerprint density at radius 2 is 1.79 bits per heavy atom. The third kappa shape index (κ3) is 5.82. The van der Waals surface area contributed by atoms with E-state index in [0.717, 1.165) is 12.1 Å². The summed E-state index contributed by atoms with van der Waals surface area (Å²) in [4.78, 5) is 24.2. The number of anilines is 1. The summed E-state index contributed by atoms with van der Waals surface area (Å²) in [6.07, 6.45) is 0.663. The van der Waals surface area contributed by atoms with Crippen molar-refractivity contribution in [1.82, 2.24) is 10.3 Å². The van der Waals surface area contributed by atoms with Crippen LogP contribution >= 0.6 is 0 Å². The lowest BCUT2D eigenvalue weighted by Crippen LogP contribution is -2.55. The van der Waals surface area contributed by atoms with Gasteiger partial charge in [0.25, 0.3) is 5.91 Å². The van der Waals surface area contributed by atoms with Gasteiger partial charge in [-0.1, -0.05) is 32.0 Å². The van der Waals surface area contributed by atoms with Crippen molar-refractivity contribution < 1.29 is 14.7 Å². The average molecular weight is 336 g/mol. The number of rotatable bonds is 10. The topological polar surface area (TPSA) is 98.9 Å². The molecule has 0 aromatic heterocycles. The Kier molecular flexibility index (Phi) is 8.81. The number of benzene rings is 1. The van der Waals surface area contributed by atoms with Crippen molar-refractivity contribution >= 4 is 17.7 Å². The molecule has 1 aromatic rings. The van der Waals surface area contributed by atoms with Crippen LogP contribution in [0.1, 0.15) is 33.1 Å². The number of nitrogens with one attached hydrogen (secondary N) is 1. The summed E-state index contributed by atoms with van der Waals surface area (Å²) in [7, 11) is 0. The van der Waals surface area contributed by atoms with Crippen molar-refractivity contribution in [2.24, 2.45) is 5.73 Å². The normalized spacial score (nSPS) is 12.0. The van der Waals surface area contributed by atoms with Gasteiger partial charge in [0.2, 0.25) is 0 Å². The molecular formula is C17H28N4O3. The van der Waals surface area contributed by atoms with Gasteiger partial charge in [-0.05, 0) is 37.9 Å². The molecule has 1 unspecified atom stereocenters. The Morgan fingerprint density at radius 1 is 1.17 bits per heavy atom. The first-order valence-corrected chi connectivity index (χ1v) is 8.38. The summed E-state index contributed by atoms with van der Waals surface area (Å²) in [5, 5.41) is 14.9. The molecule has 0 aliphatic rings. The molecule has 0 saturated carbocycles. The molecule has 0 saturated heterocycles. The number of nitrogens with two attached hydrogens (primary N) is 1. The summed E-state index contributed by atoms with van der Waals surface area (Å²) in [6.45, 7) is 5.72. The van der Waals surface area contributed by atoms with Crippen LogP contribution in [0.25, 0.3) is 0 Å². The van der Waals surface area contributed by atoms with Crippen LogP contribution in [0.3, 0.4) is 0 Å². The minimum absolute atomic E-state index is 0.274. The fraction of sp³-hybridized carbons (Fsp3) is 0.529. The number of amides is 2. The van der Waals surface area contributed by atoms with E-state index < -0.39 is 12.1 Å². The van der Waals surface area contributed by atoms with Gasteiger partial charge in [-0.25, -0.2) is 14.8 Å². The highest BCUT2D eigenvalue weighted by Crippen LogP contribution is 2.19. The van der Waals surface area contributed by atoms with E-state index in [2.05, 4.69) is 5.32 Å². The molecule has 2 amide bonds. The average Bonchev–Trinajstić information content (AvgIpc) is 2.58. The van der Waals surface area contributed by atoms with E-state index >= 15 is 0 Å². The van der Waals surface area contributed by atoms with Crippen molar-refractivity contribution in [3.8, 4) is 0 Å². The highest BCUT2D eigenvalue weighted by molar-refractivity contribution is 5.97. The first kappa shape index (κ1) is 19.9. The third-order valence-electron chi connectivity index (χ3n) is 3.77. The Balaban J connectivity index is 3.07. The summed E-state index contributed by atoms with van der Waals surface area (Å²) in [5.41, 5.74) is 6.22. The van der Waals surface area contributed by atoms with Gasteiger partial charge in [-0.3, -0.25) is 4.79 Å². The van der Waals surface area contributed by atoms with Crippen LogP contribution < -0.4 is 16.1 Å². The molecule has 134 valence electrons. The number of carbonyl (C=O) groups is 2. The fourth-order valence-electron chi connectivity index (χ4n) is 2.55. The third-order valence-corrected chi connectivity index (χ3v) is 3.77. The molecule has 1 atom stereocenters. The summed E-state index contributed by atoms with van der Waals surface area (Å²) in [6, 6.07) is 8.47. The van der Waals surface area contributed by atoms with Crippen LogP contribution in [0.4, 0.5) is 10.5 Å². The number of unbranched alkanes of at least 4 members (excludes halogenated alkanes) is 1. The van der Waals surface area contributed by atoms with Crippen molar-refractivity contribution in [2.45, 2.75) is 39.2 Å². The predicted molar refractivity (Wildman–Crippen MR) is 94.7 cm³/mol. The number of carboxylic acid groups (broad SMARTS) is 1. The quantitative estimate of drug-likeness (QED) is 0.448. The summed E-state index contributed by atoms with van der Waals surface area (Å²) >= 11 is 0. The SMILES string of the molecule is CCN(CC)N(C(=O)C(CCCCN)NC(=O)O)c1ccccc1.